The number of fused-ring (bicyclic) bond motifs is 1. The quantitative estimate of drug-likeness (QED) is 0.689. The minimum Gasteiger partial charge on any atom is -0.311 e. The van der Waals surface area contributed by atoms with Crippen molar-refractivity contribution in [1.29, 1.82) is 0 Å². The fourth-order valence-corrected chi connectivity index (χ4v) is 1.99. The Morgan fingerprint density at radius 3 is 2.78 bits per heavy atom. The zero-order valence-corrected chi connectivity index (χ0v) is 10.3. The number of hydrogen-bond acceptors (Lipinski definition) is 4. The number of rotatable bonds is 2. The van der Waals surface area contributed by atoms with Crippen LogP contribution >= 0.6 is 0 Å². The standard InChI is InChI=1S/C13H13N5/c1-9(2)18-8-16-17-13(18)10-4-3-5-11-12(10)15-7-6-14-11/h3-9H,1-2H3. The number of aromatic nitrogens is 5. The molecule has 0 saturated heterocycles. The Morgan fingerprint density at radius 1 is 1.11 bits per heavy atom. The summed E-state index contributed by atoms with van der Waals surface area (Å²) in [4.78, 5) is 8.70. The van der Waals surface area contributed by atoms with E-state index in [1.165, 1.54) is 0 Å². The molecule has 0 N–H and O–H groups in total. The summed E-state index contributed by atoms with van der Waals surface area (Å²) in [6.07, 6.45) is 5.14. The van der Waals surface area contributed by atoms with Gasteiger partial charge in [-0.1, -0.05) is 6.07 Å². The van der Waals surface area contributed by atoms with Gasteiger partial charge in [-0.05, 0) is 26.0 Å². The molecule has 0 aliphatic rings. The third-order valence-corrected chi connectivity index (χ3v) is 2.87. The average molecular weight is 239 g/mol. The Balaban J connectivity index is 2.28. The van der Waals surface area contributed by atoms with Gasteiger partial charge in [0, 0.05) is 24.0 Å². The molecule has 0 aliphatic heterocycles. The maximum atomic E-state index is 4.39. The normalized spacial score (nSPS) is 11.3. The topological polar surface area (TPSA) is 56.5 Å². The van der Waals surface area contributed by atoms with E-state index in [1.54, 1.807) is 18.7 Å². The molecule has 0 atom stereocenters. The highest BCUT2D eigenvalue weighted by Gasteiger charge is 2.13. The molecular formula is C13H13N5. The monoisotopic (exact) mass is 239 g/mol. The van der Waals surface area contributed by atoms with Crippen molar-refractivity contribution in [2.24, 2.45) is 0 Å². The second kappa shape index (κ2) is 4.18. The first-order valence-corrected chi connectivity index (χ1v) is 5.87. The minimum atomic E-state index is 0.307. The lowest BCUT2D eigenvalue weighted by Gasteiger charge is -2.10. The first-order valence-electron chi connectivity index (χ1n) is 5.87. The van der Waals surface area contributed by atoms with Crippen LogP contribution in [0.25, 0.3) is 22.4 Å². The van der Waals surface area contributed by atoms with Crippen LogP contribution in [-0.4, -0.2) is 24.7 Å². The fraction of sp³-hybridized carbons (Fsp3) is 0.231. The van der Waals surface area contributed by atoms with E-state index in [4.69, 9.17) is 0 Å². The van der Waals surface area contributed by atoms with Crippen molar-refractivity contribution in [2.45, 2.75) is 19.9 Å². The molecule has 3 rings (SSSR count). The second-order valence-corrected chi connectivity index (χ2v) is 4.39. The molecule has 0 fully saturated rings. The molecule has 0 aliphatic carbocycles. The molecular weight excluding hydrogens is 226 g/mol. The molecule has 0 spiro atoms. The van der Waals surface area contributed by atoms with E-state index in [0.717, 1.165) is 22.4 Å². The third-order valence-electron chi connectivity index (χ3n) is 2.87. The molecule has 0 bridgehead atoms. The number of nitrogens with zero attached hydrogens (tertiary/aromatic N) is 5. The van der Waals surface area contributed by atoms with Gasteiger partial charge in [-0.3, -0.25) is 9.97 Å². The van der Waals surface area contributed by atoms with Gasteiger partial charge in [0.05, 0.1) is 11.0 Å². The van der Waals surface area contributed by atoms with E-state index < -0.39 is 0 Å². The summed E-state index contributed by atoms with van der Waals surface area (Å²) in [6.45, 7) is 4.20. The van der Waals surface area contributed by atoms with Crippen molar-refractivity contribution in [3.63, 3.8) is 0 Å². The molecule has 0 unspecified atom stereocenters. The molecule has 0 radical (unpaired) electrons. The van der Waals surface area contributed by atoms with Gasteiger partial charge in [0.15, 0.2) is 5.82 Å². The highest BCUT2D eigenvalue weighted by molar-refractivity contribution is 5.89. The molecule has 2 aromatic heterocycles. The summed E-state index contributed by atoms with van der Waals surface area (Å²) < 4.78 is 2.03. The van der Waals surface area contributed by atoms with E-state index in [1.807, 2.05) is 22.8 Å². The van der Waals surface area contributed by atoms with Crippen LogP contribution in [0.1, 0.15) is 19.9 Å². The molecule has 1 aromatic carbocycles. The lowest BCUT2D eigenvalue weighted by molar-refractivity contribution is 0.604. The average Bonchev–Trinajstić information content (AvgIpc) is 2.87. The summed E-state index contributed by atoms with van der Waals surface area (Å²) in [5.41, 5.74) is 2.69. The molecule has 3 aromatic rings. The fourth-order valence-electron chi connectivity index (χ4n) is 1.99. The Morgan fingerprint density at radius 2 is 1.94 bits per heavy atom. The van der Waals surface area contributed by atoms with Crippen LogP contribution in [0.4, 0.5) is 0 Å². The molecule has 18 heavy (non-hydrogen) atoms. The van der Waals surface area contributed by atoms with E-state index in [2.05, 4.69) is 34.0 Å². The van der Waals surface area contributed by atoms with Gasteiger partial charge < -0.3 is 4.57 Å². The van der Waals surface area contributed by atoms with Gasteiger partial charge in [0.1, 0.15) is 6.33 Å². The third kappa shape index (κ3) is 1.64. The van der Waals surface area contributed by atoms with Crippen LogP contribution in [0.15, 0.2) is 36.9 Å². The number of hydrogen-bond donors (Lipinski definition) is 0. The van der Waals surface area contributed by atoms with E-state index >= 15 is 0 Å². The molecule has 5 heteroatoms. The van der Waals surface area contributed by atoms with Gasteiger partial charge in [-0.25, -0.2) is 0 Å². The van der Waals surface area contributed by atoms with Gasteiger partial charge in [-0.2, -0.15) is 0 Å². The van der Waals surface area contributed by atoms with Gasteiger partial charge >= 0.3 is 0 Å². The Hall–Kier alpha value is -2.30. The maximum absolute atomic E-state index is 4.39. The Kier molecular flexibility index (Phi) is 2.51. The lowest BCUT2D eigenvalue weighted by Crippen LogP contribution is -2.02. The molecule has 5 nitrogen and oxygen atoms in total. The largest absolute Gasteiger partial charge is 0.311 e. The summed E-state index contributed by atoms with van der Waals surface area (Å²) >= 11 is 0. The zero-order valence-electron chi connectivity index (χ0n) is 10.3. The highest BCUT2D eigenvalue weighted by atomic mass is 15.3. The van der Waals surface area contributed by atoms with Crippen LogP contribution in [0.2, 0.25) is 0 Å². The van der Waals surface area contributed by atoms with Crippen molar-refractivity contribution in [1.82, 2.24) is 24.7 Å². The molecule has 0 amide bonds. The van der Waals surface area contributed by atoms with Crippen LogP contribution in [0, 0.1) is 0 Å². The van der Waals surface area contributed by atoms with Crippen molar-refractivity contribution < 1.29 is 0 Å². The zero-order chi connectivity index (χ0) is 12.5. The molecule has 0 saturated carbocycles. The Labute approximate surface area is 105 Å². The number of para-hydroxylation sites is 1. The number of benzene rings is 1. The van der Waals surface area contributed by atoms with Crippen LogP contribution < -0.4 is 0 Å². The molecule has 90 valence electrons. The minimum absolute atomic E-state index is 0.307. The predicted octanol–water partition coefficient (Wildman–Crippen LogP) is 2.47. The summed E-state index contributed by atoms with van der Waals surface area (Å²) in [6, 6.07) is 6.22. The van der Waals surface area contributed by atoms with E-state index in [0.29, 0.717) is 6.04 Å². The van der Waals surface area contributed by atoms with Crippen molar-refractivity contribution in [3.05, 3.63) is 36.9 Å². The first-order chi connectivity index (χ1) is 8.77. The SMILES string of the molecule is CC(C)n1cnnc1-c1cccc2nccnc12. The summed E-state index contributed by atoms with van der Waals surface area (Å²) in [5.74, 6) is 0.830. The smallest absolute Gasteiger partial charge is 0.166 e. The van der Waals surface area contributed by atoms with Crippen LogP contribution in [-0.2, 0) is 0 Å². The summed E-state index contributed by atoms with van der Waals surface area (Å²) in [7, 11) is 0. The van der Waals surface area contributed by atoms with Crippen LogP contribution in [0.3, 0.4) is 0 Å². The second-order valence-electron chi connectivity index (χ2n) is 4.39. The van der Waals surface area contributed by atoms with Gasteiger partial charge in [0.2, 0.25) is 0 Å². The van der Waals surface area contributed by atoms with Crippen molar-refractivity contribution in [3.8, 4) is 11.4 Å². The van der Waals surface area contributed by atoms with E-state index in [9.17, 15) is 0 Å². The van der Waals surface area contributed by atoms with Crippen LogP contribution in [0.5, 0.6) is 0 Å². The molecule has 2 heterocycles. The summed E-state index contributed by atoms with van der Waals surface area (Å²) in [5, 5.41) is 8.19. The lowest BCUT2D eigenvalue weighted by atomic mass is 10.1. The maximum Gasteiger partial charge on any atom is 0.166 e. The predicted molar refractivity (Wildman–Crippen MR) is 68.9 cm³/mol. The van der Waals surface area contributed by atoms with Crippen molar-refractivity contribution >= 4 is 11.0 Å². The van der Waals surface area contributed by atoms with Crippen molar-refractivity contribution in [2.75, 3.05) is 0 Å². The first kappa shape index (κ1) is 10.8. The van der Waals surface area contributed by atoms with Gasteiger partial charge in [0.25, 0.3) is 0 Å². The highest BCUT2D eigenvalue weighted by Crippen LogP contribution is 2.25. The van der Waals surface area contributed by atoms with E-state index in [-0.39, 0.29) is 0 Å². The Bertz CT molecular complexity index is 681. The van der Waals surface area contributed by atoms with Gasteiger partial charge in [-0.15, -0.1) is 10.2 Å².